The zero-order valence-electron chi connectivity index (χ0n) is 10.9. The SMILES string of the molecule is COc1ccc(Nc2nccc(CN)n2)cc1OC. The van der Waals surface area contributed by atoms with Gasteiger partial charge in [0.15, 0.2) is 11.5 Å². The highest BCUT2D eigenvalue weighted by Crippen LogP contribution is 2.30. The topological polar surface area (TPSA) is 82.3 Å². The first kappa shape index (κ1) is 13.1. The normalized spacial score (nSPS) is 10.1. The van der Waals surface area contributed by atoms with E-state index >= 15 is 0 Å². The molecule has 1 aromatic heterocycles. The molecule has 6 heteroatoms. The van der Waals surface area contributed by atoms with E-state index in [0.717, 1.165) is 11.4 Å². The number of rotatable bonds is 5. The lowest BCUT2D eigenvalue weighted by molar-refractivity contribution is 0.355. The third kappa shape index (κ3) is 3.11. The van der Waals surface area contributed by atoms with Gasteiger partial charge in [-0.2, -0.15) is 0 Å². The lowest BCUT2D eigenvalue weighted by Gasteiger charge is -2.10. The van der Waals surface area contributed by atoms with E-state index in [2.05, 4.69) is 15.3 Å². The van der Waals surface area contributed by atoms with Crippen molar-refractivity contribution >= 4 is 11.6 Å². The average molecular weight is 260 g/mol. The van der Waals surface area contributed by atoms with Gasteiger partial charge in [0, 0.05) is 24.5 Å². The van der Waals surface area contributed by atoms with Crippen LogP contribution in [0.1, 0.15) is 5.69 Å². The number of hydrogen-bond donors (Lipinski definition) is 2. The lowest BCUT2D eigenvalue weighted by Crippen LogP contribution is -2.04. The van der Waals surface area contributed by atoms with Gasteiger partial charge < -0.3 is 20.5 Å². The molecule has 0 unspecified atom stereocenters. The van der Waals surface area contributed by atoms with Gasteiger partial charge in [-0.1, -0.05) is 0 Å². The Kier molecular flexibility index (Phi) is 4.15. The van der Waals surface area contributed by atoms with Crippen molar-refractivity contribution in [1.29, 1.82) is 0 Å². The van der Waals surface area contributed by atoms with Gasteiger partial charge in [-0.3, -0.25) is 0 Å². The van der Waals surface area contributed by atoms with Gasteiger partial charge in [0.05, 0.1) is 19.9 Å². The molecule has 0 radical (unpaired) electrons. The zero-order chi connectivity index (χ0) is 13.7. The molecule has 0 aliphatic carbocycles. The summed E-state index contributed by atoms with van der Waals surface area (Å²) in [6, 6.07) is 7.27. The molecule has 2 aromatic rings. The first-order valence-electron chi connectivity index (χ1n) is 5.78. The monoisotopic (exact) mass is 260 g/mol. The number of nitrogens with two attached hydrogens (primary N) is 1. The molecule has 0 saturated heterocycles. The van der Waals surface area contributed by atoms with E-state index in [1.807, 2.05) is 18.2 Å². The fraction of sp³-hybridized carbons (Fsp3) is 0.231. The summed E-state index contributed by atoms with van der Waals surface area (Å²) in [5, 5.41) is 3.09. The van der Waals surface area contributed by atoms with E-state index in [0.29, 0.717) is 24.0 Å². The Morgan fingerprint density at radius 2 is 1.95 bits per heavy atom. The molecule has 0 aliphatic rings. The van der Waals surface area contributed by atoms with Crippen LogP contribution < -0.4 is 20.5 Å². The molecular formula is C13H16N4O2. The fourth-order valence-electron chi connectivity index (χ4n) is 1.61. The van der Waals surface area contributed by atoms with Crippen LogP contribution in [0.2, 0.25) is 0 Å². The Hall–Kier alpha value is -2.34. The van der Waals surface area contributed by atoms with E-state index in [1.165, 1.54) is 0 Å². The summed E-state index contributed by atoms with van der Waals surface area (Å²) < 4.78 is 10.4. The van der Waals surface area contributed by atoms with Crippen molar-refractivity contribution in [1.82, 2.24) is 9.97 Å². The Balaban J connectivity index is 2.22. The number of nitrogens with one attached hydrogen (secondary N) is 1. The highest BCUT2D eigenvalue weighted by molar-refractivity contribution is 5.59. The fourth-order valence-corrected chi connectivity index (χ4v) is 1.61. The number of ether oxygens (including phenoxy) is 2. The van der Waals surface area contributed by atoms with Crippen molar-refractivity contribution < 1.29 is 9.47 Å². The molecule has 0 fully saturated rings. The van der Waals surface area contributed by atoms with E-state index in [1.54, 1.807) is 26.5 Å². The predicted molar refractivity (Wildman–Crippen MR) is 72.8 cm³/mol. The molecule has 2 rings (SSSR count). The minimum absolute atomic E-state index is 0.378. The van der Waals surface area contributed by atoms with Crippen molar-refractivity contribution in [2.75, 3.05) is 19.5 Å². The van der Waals surface area contributed by atoms with Gasteiger partial charge in [-0.25, -0.2) is 9.97 Å². The number of nitrogens with zero attached hydrogens (tertiary/aromatic N) is 2. The largest absolute Gasteiger partial charge is 0.493 e. The van der Waals surface area contributed by atoms with Crippen LogP contribution in [0.5, 0.6) is 11.5 Å². The number of benzene rings is 1. The second-order valence-electron chi connectivity index (χ2n) is 3.77. The molecule has 19 heavy (non-hydrogen) atoms. The zero-order valence-corrected chi connectivity index (χ0v) is 10.9. The van der Waals surface area contributed by atoms with Crippen molar-refractivity contribution in [3.05, 3.63) is 36.2 Å². The number of hydrogen-bond acceptors (Lipinski definition) is 6. The summed E-state index contributed by atoms with van der Waals surface area (Å²) in [6.07, 6.45) is 1.66. The highest BCUT2D eigenvalue weighted by atomic mass is 16.5. The van der Waals surface area contributed by atoms with Gasteiger partial charge in [0.1, 0.15) is 0 Å². The summed E-state index contributed by atoms with van der Waals surface area (Å²) in [6.45, 7) is 0.378. The summed E-state index contributed by atoms with van der Waals surface area (Å²) in [7, 11) is 3.19. The molecule has 100 valence electrons. The van der Waals surface area contributed by atoms with E-state index in [-0.39, 0.29) is 0 Å². The summed E-state index contributed by atoms with van der Waals surface area (Å²) in [5.74, 6) is 1.81. The van der Waals surface area contributed by atoms with Crippen molar-refractivity contribution in [2.24, 2.45) is 5.73 Å². The average Bonchev–Trinajstić information content (AvgIpc) is 2.47. The molecule has 1 aromatic carbocycles. The molecule has 1 heterocycles. The first-order valence-corrected chi connectivity index (χ1v) is 5.78. The van der Waals surface area contributed by atoms with Gasteiger partial charge >= 0.3 is 0 Å². The first-order chi connectivity index (χ1) is 9.26. The molecule has 0 atom stereocenters. The molecular weight excluding hydrogens is 244 g/mol. The van der Waals surface area contributed by atoms with Crippen LogP contribution in [0, 0.1) is 0 Å². The van der Waals surface area contributed by atoms with E-state index in [4.69, 9.17) is 15.2 Å². The minimum atomic E-state index is 0.378. The number of methoxy groups -OCH3 is 2. The Labute approximate surface area is 111 Å². The molecule has 0 saturated carbocycles. The maximum absolute atomic E-state index is 5.54. The maximum atomic E-state index is 5.54. The van der Waals surface area contributed by atoms with Crippen molar-refractivity contribution in [3.63, 3.8) is 0 Å². The van der Waals surface area contributed by atoms with Gasteiger partial charge in [-0.15, -0.1) is 0 Å². The van der Waals surface area contributed by atoms with Gasteiger partial charge in [-0.05, 0) is 18.2 Å². The van der Waals surface area contributed by atoms with Crippen LogP contribution >= 0.6 is 0 Å². The maximum Gasteiger partial charge on any atom is 0.227 e. The number of aromatic nitrogens is 2. The third-order valence-electron chi connectivity index (χ3n) is 2.56. The Bertz CT molecular complexity index is 560. The van der Waals surface area contributed by atoms with Crippen LogP contribution in [0.3, 0.4) is 0 Å². The summed E-state index contributed by atoms with van der Waals surface area (Å²) in [4.78, 5) is 8.40. The summed E-state index contributed by atoms with van der Waals surface area (Å²) >= 11 is 0. The molecule has 3 N–H and O–H groups in total. The smallest absolute Gasteiger partial charge is 0.227 e. The minimum Gasteiger partial charge on any atom is -0.493 e. The van der Waals surface area contributed by atoms with Crippen LogP contribution in [0.4, 0.5) is 11.6 Å². The van der Waals surface area contributed by atoms with Crippen LogP contribution in [0.25, 0.3) is 0 Å². The quantitative estimate of drug-likeness (QED) is 0.851. The van der Waals surface area contributed by atoms with E-state index in [9.17, 15) is 0 Å². The standard InChI is InChI=1S/C13H16N4O2/c1-18-11-4-3-9(7-12(11)19-2)16-13-15-6-5-10(8-14)17-13/h3-7H,8,14H2,1-2H3,(H,15,16,17). The van der Waals surface area contributed by atoms with Crippen LogP contribution in [-0.2, 0) is 6.54 Å². The predicted octanol–water partition coefficient (Wildman–Crippen LogP) is 1.70. The Morgan fingerprint density at radius 1 is 1.16 bits per heavy atom. The lowest BCUT2D eigenvalue weighted by atomic mass is 10.3. The second-order valence-corrected chi connectivity index (χ2v) is 3.77. The molecule has 6 nitrogen and oxygen atoms in total. The van der Waals surface area contributed by atoms with Gasteiger partial charge in [0.25, 0.3) is 0 Å². The third-order valence-corrected chi connectivity index (χ3v) is 2.56. The van der Waals surface area contributed by atoms with Crippen molar-refractivity contribution in [2.45, 2.75) is 6.54 Å². The number of anilines is 2. The van der Waals surface area contributed by atoms with E-state index < -0.39 is 0 Å². The molecule has 0 bridgehead atoms. The van der Waals surface area contributed by atoms with Crippen LogP contribution in [0.15, 0.2) is 30.5 Å². The molecule has 0 spiro atoms. The summed E-state index contributed by atoms with van der Waals surface area (Å²) in [5.41, 5.74) is 7.13. The second kappa shape index (κ2) is 6.01. The Morgan fingerprint density at radius 3 is 2.63 bits per heavy atom. The van der Waals surface area contributed by atoms with Crippen molar-refractivity contribution in [3.8, 4) is 11.5 Å². The highest BCUT2D eigenvalue weighted by Gasteiger charge is 2.05. The van der Waals surface area contributed by atoms with Gasteiger partial charge in [0.2, 0.25) is 5.95 Å². The van der Waals surface area contributed by atoms with Crippen LogP contribution in [-0.4, -0.2) is 24.2 Å². The molecule has 0 aliphatic heterocycles. The molecule has 0 amide bonds.